The fraction of sp³-hybridized carbons (Fsp3) is 0.353. The van der Waals surface area contributed by atoms with Crippen molar-refractivity contribution < 1.29 is 19.1 Å². The Hall–Kier alpha value is -2.83. The number of nitrogens with one attached hydrogen (secondary N) is 1. The van der Waals surface area contributed by atoms with E-state index >= 15 is 0 Å². The van der Waals surface area contributed by atoms with Gasteiger partial charge in [-0.3, -0.25) is 14.4 Å². The highest BCUT2D eigenvalue weighted by molar-refractivity contribution is 5.94. The highest BCUT2D eigenvalue weighted by Gasteiger charge is 2.33. The van der Waals surface area contributed by atoms with Crippen LogP contribution in [0.25, 0.3) is 11.5 Å². The molecule has 1 amide bonds. The maximum absolute atomic E-state index is 12.6. The first-order valence-electron chi connectivity index (χ1n) is 7.75. The second-order valence-electron chi connectivity index (χ2n) is 6.18. The van der Waals surface area contributed by atoms with Crippen molar-refractivity contribution in [1.82, 2.24) is 9.88 Å². The molecular formula is C17H18N2O5. The molecule has 0 aromatic carbocycles. The molecule has 0 saturated carbocycles. The predicted octanol–water partition coefficient (Wildman–Crippen LogP) is 1.82. The number of hydrogen-bond donors (Lipinski definition) is 2. The number of aromatic amines is 1. The first-order chi connectivity index (χ1) is 11.5. The van der Waals surface area contributed by atoms with Crippen LogP contribution in [0.1, 0.15) is 23.7 Å². The smallest absolute Gasteiger partial charge is 0.308 e. The molecule has 2 N–H and O–H groups in total. The van der Waals surface area contributed by atoms with Gasteiger partial charge in [0, 0.05) is 13.1 Å². The van der Waals surface area contributed by atoms with E-state index in [2.05, 4.69) is 4.98 Å². The quantitative estimate of drug-likeness (QED) is 0.893. The maximum atomic E-state index is 12.6. The molecule has 7 nitrogen and oxygen atoms in total. The summed E-state index contributed by atoms with van der Waals surface area (Å²) < 4.78 is 5.21. The minimum Gasteiger partial charge on any atom is -0.481 e. The number of pyridine rings is 1. The van der Waals surface area contributed by atoms with E-state index in [9.17, 15) is 19.5 Å². The molecule has 2 aromatic rings. The number of carbonyl (C=O) groups excluding carboxylic acids is 1. The fourth-order valence-electron chi connectivity index (χ4n) is 3.08. The number of H-pyrrole nitrogens is 1. The summed E-state index contributed by atoms with van der Waals surface area (Å²) in [6.07, 6.45) is 2.03. The molecule has 3 heterocycles. The number of nitrogens with zero attached hydrogens (tertiary/aromatic N) is 1. The average Bonchev–Trinajstić information content (AvgIpc) is 3.08. The van der Waals surface area contributed by atoms with Gasteiger partial charge in [0.2, 0.25) is 0 Å². The Morgan fingerprint density at radius 2 is 2.08 bits per heavy atom. The summed E-state index contributed by atoms with van der Waals surface area (Å²) in [5.74, 6) is -1.38. The number of piperidine rings is 1. The number of furan rings is 1. The van der Waals surface area contributed by atoms with Crippen LogP contribution < -0.4 is 5.56 Å². The molecule has 0 aliphatic carbocycles. The highest BCUT2D eigenvalue weighted by Crippen LogP contribution is 2.23. The van der Waals surface area contributed by atoms with Crippen molar-refractivity contribution >= 4 is 11.9 Å². The third kappa shape index (κ3) is 3.10. The van der Waals surface area contributed by atoms with Crippen LogP contribution in [0.3, 0.4) is 0 Å². The van der Waals surface area contributed by atoms with Gasteiger partial charge < -0.3 is 19.4 Å². The second-order valence-corrected chi connectivity index (χ2v) is 6.18. The van der Waals surface area contributed by atoms with Crippen LogP contribution in [0, 0.1) is 11.8 Å². The lowest BCUT2D eigenvalue weighted by atomic mass is 9.90. The molecule has 1 aliphatic rings. The third-order valence-corrected chi connectivity index (χ3v) is 4.22. The van der Waals surface area contributed by atoms with Gasteiger partial charge in [0.05, 0.1) is 17.9 Å². The monoisotopic (exact) mass is 330 g/mol. The summed E-state index contributed by atoms with van der Waals surface area (Å²) in [5.41, 5.74) is -0.0282. The number of rotatable bonds is 3. The molecular weight excluding hydrogens is 312 g/mol. The van der Waals surface area contributed by atoms with Gasteiger partial charge in [-0.1, -0.05) is 6.92 Å². The molecule has 2 aromatic heterocycles. The van der Waals surface area contributed by atoms with Crippen LogP contribution >= 0.6 is 0 Å². The highest BCUT2D eigenvalue weighted by atomic mass is 16.4. The lowest BCUT2D eigenvalue weighted by Gasteiger charge is -2.34. The van der Waals surface area contributed by atoms with Crippen molar-refractivity contribution in [3.8, 4) is 11.5 Å². The molecule has 3 rings (SSSR count). The second kappa shape index (κ2) is 6.35. The number of hydrogen-bond acceptors (Lipinski definition) is 4. The van der Waals surface area contributed by atoms with Crippen molar-refractivity contribution in [1.29, 1.82) is 0 Å². The van der Waals surface area contributed by atoms with Crippen LogP contribution in [-0.4, -0.2) is 40.0 Å². The zero-order valence-electron chi connectivity index (χ0n) is 13.2. The third-order valence-electron chi connectivity index (χ3n) is 4.22. The Labute approximate surface area is 137 Å². The zero-order chi connectivity index (χ0) is 17.3. The molecule has 7 heteroatoms. The Balaban J connectivity index is 1.84. The molecule has 1 aliphatic heterocycles. The summed E-state index contributed by atoms with van der Waals surface area (Å²) in [6.45, 7) is 2.47. The molecule has 126 valence electrons. The van der Waals surface area contributed by atoms with Gasteiger partial charge in [-0.05, 0) is 36.6 Å². The van der Waals surface area contributed by atoms with E-state index in [-0.39, 0.29) is 18.0 Å². The Bertz CT molecular complexity index is 809. The van der Waals surface area contributed by atoms with E-state index in [1.165, 1.54) is 17.2 Å². The lowest BCUT2D eigenvalue weighted by Crippen LogP contribution is -2.46. The summed E-state index contributed by atoms with van der Waals surface area (Å²) in [5, 5.41) is 9.21. The molecule has 2 atom stereocenters. The molecule has 2 unspecified atom stereocenters. The van der Waals surface area contributed by atoms with Crippen molar-refractivity contribution in [2.75, 3.05) is 13.1 Å². The van der Waals surface area contributed by atoms with Gasteiger partial charge in [0.25, 0.3) is 11.5 Å². The van der Waals surface area contributed by atoms with Crippen molar-refractivity contribution in [3.05, 3.63) is 46.4 Å². The van der Waals surface area contributed by atoms with Gasteiger partial charge in [-0.25, -0.2) is 0 Å². The Morgan fingerprint density at radius 3 is 2.71 bits per heavy atom. The summed E-state index contributed by atoms with van der Waals surface area (Å²) >= 11 is 0. The Kier molecular flexibility index (Phi) is 4.24. The standard InChI is InChI=1S/C17H18N2O5/c1-10-7-11(17(22)23)9-19(8-10)16(21)12-4-5-13(18-15(12)20)14-3-2-6-24-14/h2-6,10-11H,7-9H2,1H3,(H,18,20)(H,22,23). The average molecular weight is 330 g/mol. The van der Waals surface area contributed by atoms with Crippen molar-refractivity contribution in [2.24, 2.45) is 11.8 Å². The van der Waals surface area contributed by atoms with Gasteiger partial charge in [-0.15, -0.1) is 0 Å². The number of carboxylic acid groups (broad SMARTS) is 1. The number of carboxylic acids is 1. The fourth-order valence-corrected chi connectivity index (χ4v) is 3.08. The molecule has 0 radical (unpaired) electrons. The molecule has 1 saturated heterocycles. The topological polar surface area (TPSA) is 104 Å². The van der Waals surface area contributed by atoms with E-state index in [1.807, 2.05) is 6.92 Å². The lowest BCUT2D eigenvalue weighted by molar-refractivity contribution is -0.143. The minimum atomic E-state index is -0.915. The van der Waals surface area contributed by atoms with Crippen LogP contribution in [0.5, 0.6) is 0 Å². The van der Waals surface area contributed by atoms with Crippen LogP contribution in [0.15, 0.2) is 39.7 Å². The van der Waals surface area contributed by atoms with E-state index in [4.69, 9.17) is 4.42 Å². The summed E-state index contributed by atoms with van der Waals surface area (Å²) in [6, 6.07) is 6.47. The Morgan fingerprint density at radius 1 is 1.29 bits per heavy atom. The number of likely N-dealkylation sites (tertiary alicyclic amines) is 1. The molecule has 24 heavy (non-hydrogen) atoms. The molecule has 0 spiro atoms. The van der Waals surface area contributed by atoms with E-state index in [0.717, 1.165) is 0 Å². The largest absolute Gasteiger partial charge is 0.481 e. The molecule has 1 fully saturated rings. The van der Waals surface area contributed by atoms with Gasteiger partial charge >= 0.3 is 5.97 Å². The van der Waals surface area contributed by atoms with Gasteiger partial charge in [-0.2, -0.15) is 0 Å². The first-order valence-corrected chi connectivity index (χ1v) is 7.75. The minimum absolute atomic E-state index is 0.00328. The zero-order valence-corrected chi connectivity index (χ0v) is 13.2. The van der Waals surface area contributed by atoms with E-state index in [1.54, 1.807) is 18.2 Å². The summed E-state index contributed by atoms with van der Waals surface area (Å²) in [7, 11) is 0. The van der Waals surface area contributed by atoms with Gasteiger partial charge in [0.15, 0.2) is 0 Å². The van der Waals surface area contributed by atoms with Crippen LogP contribution in [0.4, 0.5) is 0 Å². The number of aliphatic carboxylic acids is 1. The van der Waals surface area contributed by atoms with Crippen molar-refractivity contribution in [2.45, 2.75) is 13.3 Å². The normalized spacial score (nSPS) is 20.8. The first kappa shape index (κ1) is 16.0. The SMILES string of the molecule is CC1CC(C(=O)O)CN(C(=O)c2ccc(-c3ccco3)[nH]c2=O)C1. The van der Waals surface area contributed by atoms with Crippen LogP contribution in [-0.2, 0) is 4.79 Å². The van der Waals surface area contributed by atoms with Crippen LogP contribution in [0.2, 0.25) is 0 Å². The number of carbonyl (C=O) groups is 2. The maximum Gasteiger partial charge on any atom is 0.308 e. The molecule has 0 bridgehead atoms. The van der Waals surface area contributed by atoms with E-state index in [0.29, 0.717) is 24.4 Å². The number of amides is 1. The van der Waals surface area contributed by atoms with Gasteiger partial charge in [0.1, 0.15) is 11.3 Å². The number of aromatic nitrogens is 1. The summed E-state index contributed by atoms with van der Waals surface area (Å²) in [4.78, 5) is 40.2. The predicted molar refractivity (Wildman–Crippen MR) is 85.6 cm³/mol. The van der Waals surface area contributed by atoms with E-state index < -0.39 is 23.4 Å². The van der Waals surface area contributed by atoms with Crippen molar-refractivity contribution in [3.63, 3.8) is 0 Å².